The van der Waals surface area contributed by atoms with Crippen LogP contribution in [0.4, 0.5) is 10.9 Å². The Morgan fingerprint density at radius 1 is 1.67 bits per heavy atom. The third kappa shape index (κ3) is 1.84. The predicted octanol–water partition coefficient (Wildman–Crippen LogP) is 1.94. The van der Waals surface area contributed by atoms with Gasteiger partial charge < -0.3 is 15.0 Å². The number of carboxylic acid groups (broad SMARTS) is 1. The summed E-state index contributed by atoms with van der Waals surface area (Å²) in [6.45, 7) is 0. The highest BCUT2D eigenvalue weighted by Gasteiger charge is 2.12. The fourth-order valence-corrected chi connectivity index (χ4v) is 1.88. The van der Waals surface area contributed by atoms with Gasteiger partial charge in [-0.1, -0.05) is 11.3 Å². The van der Waals surface area contributed by atoms with E-state index in [4.69, 9.17) is 5.11 Å². The largest absolute Gasteiger partial charge is 0.477 e. The number of nitrogens with one attached hydrogen (secondary N) is 1. The summed E-state index contributed by atoms with van der Waals surface area (Å²) in [5.41, 5.74) is 0. The smallest absolute Gasteiger partial charge is 0.347 e. The van der Waals surface area contributed by atoms with Crippen molar-refractivity contribution in [2.75, 3.05) is 11.9 Å². The van der Waals surface area contributed by atoms with Crippen LogP contribution in [0.2, 0.25) is 0 Å². The third-order valence-electron chi connectivity index (χ3n) is 1.93. The number of nitrogens with zero attached hydrogens (tertiary/aromatic N) is 2. The number of anilines is 2. The van der Waals surface area contributed by atoms with Crippen LogP contribution in [0.1, 0.15) is 9.67 Å². The minimum absolute atomic E-state index is 0.239. The summed E-state index contributed by atoms with van der Waals surface area (Å²) in [6, 6.07) is 3.76. The molecular formula is C9H9N3O2S. The van der Waals surface area contributed by atoms with Gasteiger partial charge in [-0.3, -0.25) is 0 Å². The van der Waals surface area contributed by atoms with E-state index in [9.17, 15) is 4.79 Å². The fraction of sp³-hybridized carbons (Fsp3) is 0.111. The molecule has 2 aromatic rings. The number of hydrogen-bond donors (Lipinski definition) is 2. The molecule has 2 heterocycles. The molecule has 0 unspecified atom stereocenters. The Kier molecular flexibility index (Phi) is 2.42. The van der Waals surface area contributed by atoms with Crippen molar-refractivity contribution >= 4 is 28.3 Å². The highest BCUT2D eigenvalue weighted by Crippen LogP contribution is 2.26. The normalized spacial score (nSPS) is 10.2. The van der Waals surface area contributed by atoms with Crippen LogP contribution in [0.25, 0.3) is 0 Å². The Morgan fingerprint density at radius 3 is 3.00 bits per heavy atom. The second-order valence-electron chi connectivity index (χ2n) is 2.93. The van der Waals surface area contributed by atoms with Crippen molar-refractivity contribution < 1.29 is 9.90 Å². The van der Waals surface area contributed by atoms with Gasteiger partial charge in [-0.15, -0.1) is 0 Å². The standard InChI is InChI=1S/C9H9N3O2S/c1-12(7-3-2-4-10-7)9-11-5-6(15-9)8(13)14/h2-5,10H,1H3,(H,13,14). The lowest BCUT2D eigenvalue weighted by molar-refractivity contribution is 0.0702. The molecule has 0 radical (unpaired) electrons. The molecule has 78 valence electrons. The number of carboxylic acids is 1. The van der Waals surface area contributed by atoms with Crippen molar-refractivity contribution in [3.05, 3.63) is 29.4 Å². The van der Waals surface area contributed by atoms with Gasteiger partial charge in [-0.05, 0) is 12.1 Å². The Balaban J connectivity index is 2.26. The van der Waals surface area contributed by atoms with E-state index in [1.807, 2.05) is 19.2 Å². The molecule has 0 aromatic carbocycles. The number of carbonyl (C=O) groups is 1. The number of thiazole rings is 1. The molecule has 0 amide bonds. The van der Waals surface area contributed by atoms with Gasteiger partial charge >= 0.3 is 5.97 Å². The molecule has 6 heteroatoms. The summed E-state index contributed by atoms with van der Waals surface area (Å²) < 4.78 is 0. The van der Waals surface area contributed by atoms with E-state index in [-0.39, 0.29) is 4.88 Å². The molecular weight excluding hydrogens is 214 g/mol. The maximum absolute atomic E-state index is 10.7. The van der Waals surface area contributed by atoms with Crippen molar-refractivity contribution in [2.45, 2.75) is 0 Å². The van der Waals surface area contributed by atoms with E-state index in [1.165, 1.54) is 6.20 Å². The fourth-order valence-electron chi connectivity index (χ4n) is 1.15. The molecule has 0 saturated carbocycles. The second kappa shape index (κ2) is 3.74. The van der Waals surface area contributed by atoms with E-state index >= 15 is 0 Å². The summed E-state index contributed by atoms with van der Waals surface area (Å²) in [4.78, 5) is 19.8. The van der Waals surface area contributed by atoms with Crippen LogP contribution in [0, 0.1) is 0 Å². The van der Waals surface area contributed by atoms with Gasteiger partial charge in [-0.25, -0.2) is 9.78 Å². The topological polar surface area (TPSA) is 69.2 Å². The monoisotopic (exact) mass is 223 g/mol. The van der Waals surface area contributed by atoms with Crippen LogP contribution >= 0.6 is 11.3 Å². The summed E-state index contributed by atoms with van der Waals surface area (Å²) in [5, 5.41) is 9.40. The first-order valence-corrected chi connectivity index (χ1v) is 5.06. The maximum atomic E-state index is 10.7. The summed E-state index contributed by atoms with van der Waals surface area (Å²) >= 11 is 1.14. The summed E-state index contributed by atoms with van der Waals surface area (Å²) in [5.74, 6) is -0.0695. The second-order valence-corrected chi connectivity index (χ2v) is 3.94. The van der Waals surface area contributed by atoms with Gasteiger partial charge in [0.25, 0.3) is 0 Å². The number of aromatic nitrogens is 2. The zero-order valence-corrected chi connectivity index (χ0v) is 8.78. The highest BCUT2D eigenvalue weighted by atomic mass is 32.1. The summed E-state index contributed by atoms with van der Waals surface area (Å²) in [6.07, 6.45) is 3.17. The Bertz CT molecular complexity index is 463. The molecule has 2 N–H and O–H groups in total. The lowest BCUT2D eigenvalue weighted by Gasteiger charge is -2.12. The van der Waals surface area contributed by atoms with E-state index in [2.05, 4.69) is 9.97 Å². The van der Waals surface area contributed by atoms with Gasteiger partial charge in [0.05, 0.1) is 6.20 Å². The van der Waals surface area contributed by atoms with Gasteiger partial charge in [0.2, 0.25) is 0 Å². The molecule has 0 saturated heterocycles. The first-order valence-electron chi connectivity index (χ1n) is 4.24. The predicted molar refractivity (Wildman–Crippen MR) is 57.9 cm³/mol. The minimum Gasteiger partial charge on any atom is -0.477 e. The zero-order valence-electron chi connectivity index (χ0n) is 7.97. The van der Waals surface area contributed by atoms with Crippen molar-refractivity contribution in [3.63, 3.8) is 0 Å². The van der Waals surface area contributed by atoms with Crippen LogP contribution in [-0.4, -0.2) is 28.1 Å². The Morgan fingerprint density at radius 2 is 2.47 bits per heavy atom. The molecule has 2 aromatic heterocycles. The number of rotatable bonds is 3. The molecule has 5 nitrogen and oxygen atoms in total. The Labute approximate surface area is 90.0 Å². The molecule has 0 bridgehead atoms. The average Bonchev–Trinajstić information content (AvgIpc) is 2.88. The molecule has 0 aliphatic rings. The van der Waals surface area contributed by atoms with Gasteiger partial charge in [0.15, 0.2) is 5.13 Å². The molecule has 0 aliphatic carbocycles. The first-order chi connectivity index (χ1) is 7.18. The maximum Gasteiger partial charge on any atom is 0.347 e. The molecule has 2 rings (SSSR count). The van der Waals surface area contributed by atoms with Gasteiger partial charge in [-0.2, -0.15) is 0 Å². The van der Waals surface area contributed by atoms with Crippen LogP contribution in [0.3, 0.4) is 0 Å². The number of aromatic carboxylic acids is 1. The van der Waals surface area contributed by atoms with Crippen molar-refractivity contribution in [1.82, 2.24) is 9.97 Å². The summed E-state index contributed by atoms with van der Waals surface area (Å²) in [7, 11) is 1.83. The lowest BCUT2D eigenvalue weighted by Crippen LogP contribution is -2.08. The van der Waals surface area contributed by atoms with Crippen LogP contribution < -0.4 is 4.90 Å². The Hall–Kier alpha value is -1.82. The van der Waals surface area contributed by atoms with E-state index in [1.54, 1.807) is 11.1 Å². The first kappa shape index (κ1) is 9.72. The minimum atomic E-state index is -0.946. The average molecular weight is 223 g/mol. The lowest BCUT2D eigenvalue weighted by atomic mass is 10.6. The third-order valence-corrected chi connectivity index (χ3v) is 3.00. The molecule has 0 aliphatic heterocycles. The van der Waals surface area contributed by atoms with Crippen molar-refractivity contribution in [3.8, 4) is 0 Å². The van der Waals surface area contributed by atoms with E-state index in [0.29, 0.717) is 5.13 Å². The van der Waals surface area contributed by atoms with E-state index < -0.39 is 5.97 Å². The highest BCUT2D eigenvalue weighted by molar-refractivity contribution is 7.17. The van der Waals surface area contributed by atoms with E-state index in [0.717, 1.165) is 17.2 Å². The number of aromatic amines is 1. The molecule has 0 spiro atoms. The van der Waals surface area contributed by atoms with Crippen LogP contribution in [0.5, 0.6) is 0 Å². The SMILES string of the molecule is CN(c1ccc[nH]1)c1ncc(C(=O)O)s1. The van der Waals surface area contributed by atoms with Crippen molar-refractivity contribution in [1.29, 1.82) is 0 Å². The molecule has 15 heavy (non-hydrogen) atoms. The molecule has 0 atom stereocenters. The van der Waals surface area contributed by atoms with Crippen LogP contribution in [-0.2, 0) is 0 Å². The van der Waals surface area contributed by atoms with Gasteiger partial charge in [0.1, 0.15) is 10.7 Å². The van der Waals surface area contributed by atoms with Crippen LogP contribution in [0.15, 0.2) is 24.5 Å². The number of hydrogen-bond acceptors (Lipinski definition) is 4. The quantitative estimate of drug-likeness (QED) is 0.834. The zero-order chi connectivity index (χ0) is 10.8. The molecule has 0 fully saturated rings. The number of H-pyrrole nitrogens is 1. The van der Waals surface area contributed by atoms with Gasteiger partial charge in [0, 0.05) is 13.2 Å². The van der Waals surface area contributed by atoms with Crippen molar-refractivity contribution in [2.24, 2.45) is 0 Å².